The lowest BCUT2D eigenvalue weighted by molar-refractivity contribution is 0.533. The van der Waals surface area contributed by atoms with Gasteiger partial charge in [0, 0.05) is 18.4 Å². The van der Waals surface area contributed by atoms with Crippen molar-refractivity contribution >= 4 is 10.9 Å². The molecule has 1 N–H and O–H groups in total. The molecule has 2 aromatic heterocycles. The molecule has 2 heterocycles. The van der Waals surface area contributed by atoms with E-state index in [1.807, 2.05) is 13.8 Å². The average molecular weight is 359 g/mol. The Morgan fingerprint density at radius 1 is 0.923 bits per heavy atom. The Kier molecular flexibility index (Phi) is 4.79. The molecular weight excluding hydrogens is 343 g/mol. The van der Waals surface area contributed by atoms with E-state index >= 15 is 0 Å². The molecule has 7 heteroatoms. The van der Waals surface area contributed by atoms with Crippen LogP contribution < -0.4 is 0 Å². The molecule has 26 heavy (non-hydrogen) atoms. The maximum absolute atomic E-state index is 14.1. The summed E-state index contributed by atoms with van der Waals surface area (Å²) < 4.78 is 46.5. The van der Waals surface area contributed by atoms with Crippen molar-refractivity contribution in [2.75, 3.05) is 0 Å². The van der Waals surface area contributed by atoms with Crippen molar-refractivity contribution in [2.45, 2.75) is 20.8 Å². The molecular formula is C19H16F3N3O. The maximum Gasteiger partial charge on any atom is 0.250 e. The summed E-state index contributed by atoms with van der Waals surface area (Å²) in [6, 6.07) is 7.59. The maximum atomic E-state index is 14.1. The molecule has 0 fully saturated rings. The summed E-state index contributed by atoms with van der Waals surface area (Å²) in [5.74, 6) is -1.41. The van der Waals surface area contributed by atoms with Crippen molar-refractivity contribution in [1.29, 1.82) is 0 Å². The van der Waals surface area contributed by atoms with Crippen LogP contribution in [0.3, 0.4) is 0 Å². The smallest absolute Gasteiger partial charge is 0.250 e. The number of hydrogen-bond acceptors (Lipinski definition) is 3. The predicted octanol–water partition coefficient (Wildman–Crippen LogP) is 5.64. The van der Waals surface area contributed by atoms with Crippen molar-refractivity contribution in [3.63, 3.8) is 0 Å². The predicted molar refractivity (Wildman–Crippen MR) is 93.0 cm³/mol. The van der Waals surface area contributed by atoms with Crippen molar-refractivity contribution in [3.05, 3.63) is 59.7 Å². The number of rotatable bonds is 2. The average Bonchev–Trinajstić information content (AvgIpc) is 3.21. The van der Waals surface area contributed by atoms with E-state index in [0.29, 0.717) is 22.7 Å². The van der Waals surface area contributed by atoms with Crippen LogP contribution in [0.1, 0.15) is 19.7 Å². The fraction of sp³-hybridized carbons (Fsp3) is 0.158. The number of aromatic nitrogens is 3. The molecule has 4 nitrogen and oxygen atoms in total. The summed E-state index contributed by atoms with van der Waals surface area (Å²) in [5, 5.41) is 7.98. The zero-order chi connectivity index (χ0) is 18.8. The first-order valence-electron chi connectivity index (χ1n) is 8.10. The van der Waals surface area contributed by atoms with Crippen LogP contribution in [0.15, 0.2) is 40.8 Å². The van der Waals surface area contributed by atoms with Crippen LogP contribution in [-0.4, -0.2) is 15.2 Å². The molecule has 134 valence electrons. The van der Waals surface area contributed by atoms with Crippen molar-refractivity contribution in [3.8, 4) is 22.7 Å². The second-order valence-corrected chi connectivity index (χ2v) is 5.32. The summed E-state index contributed by atoms with van der Waals surface area (Å²) >= 11 is 0. The molecule has 0 radical (unpaired) electrons. The molecule has 0 saturated carbocycles. The molecule has 0 bridgehead atoms. The minimum atomic E-state index is -0.740. The number of aryl methyl sites for hydroxylation is 1. The molecule has 0 unspecified atom stereocenters. The summed E-state index contributed by atoms with van der Waals surface area (Å²) in [5.41, 5.74) is 1.51. The van der Waals surface area contributed by atoms with Gasteiger partial charge in [0.2, 0.25) is 5.89 Å². The molecule has 0 aliphatic carbocycles. The highest BCUT2D eigenvalue weighted by atomic mass is 19.1. The van der Waals surface area contributed by atoms with Gasteiger partial charge in [-0.05, 0) is 35.9 Å². The van der Waals surface area contributed by atoms with E-state index in [1.54, 1.807) is 6.92 Å². The lowest BCUT2D eigenvalue weighted by Gasteiger charge is -2.01. The topological polar surface area (TPSA) is 54.7 Å². The van der Waals surface area contributed by atoms with E-state index in [2.05, 4.69) is 15.2 Å². The lowest BCUT2D eigenvalue weighted by atomic mass is 10.0. The Balaban J connectivity index is 0.000000948. The van der Waals surface area contributed by atoms with E-state index in [1.165, 1.54) is 30.3 Å². The minimum Gasteiger partial charge on any atom is -0.421 e. The number of aromatic amines is 1. The number of benzene rings is 2. The Morgan fingerprint density at radius 3 is 2.23 bits per heavy atom. The molecule has 0 saturated heterocycles. The quantitative estimate of drug-likeness (QED) is 0.504. The van der Waals surface area contributed by atoms with Crippen LogP contribution >= 0.6 is 0 Å². The van der Waals surface area contributed by atoms with E-state index in [0.717, 1.165) is 6.07 Å². The minimum absolute atomic E-state index is 0.113. The fourth-order valence-corrected chi connectivity index (χ4v) is 2.67. The highest BCUT2D eigenvalue weighted by Crippen LogP contribution is 2.38. The first kappa shape index (κ1) is 17.7. The molecule has 0 spiro atoms. The van der Waals surface area contributed by atoms with Crippen LogP contribution in [0.5, 0.6) is 0 Å². The van der Waals surface area contributed by atoms with Crippen molar-refractivity contribution in [2.24, 2.45) is 0 Å². The Labute approximate surface area is 147 Å². The van der Waals surface area contributed by atoms with Crippen LogP contribution in [0.4, 0.5) is 13.2 Å². The number of fused-ring (bicyclic) bond motifs is 1. The standard InChI is InChI=1S/C17H10F3N3O.C2H6/c1-8-22-23-17(24-8)14-12-6-11(19)7-13(20)16(12)21-15(14)9-2-4-10(18)5-3-9;1-2/h2-7,21H,1H3;1-2H3. The lowest BCUT2D eigenvalue weighted by Crippen LogP contribution is -1.84. The van der Waals surface area contributed by atoms with Crippen LogP contribution in [0.2, 0.25) is 0 Å². The largest absolute Gasteiger partial charge is 0.421 e. The van der Waals surface area contributed by atoms with Crippen molar-refractivity contribution in [1.82, 2.24) is 15.2 Å². The number of nitrogens with one attached hydrogen (secondary N) is 1. The van der Waals surface area contributed by atoms with E-state index in [4.69, 9.17) is 4.42 Å². The normalized spacial score (nSPS) is 10.7. The Hall–Kier alpha value is -3.09. The van der Waals surface area contributed by atoms with Gasteiger partial charge in [-0.15, -0.1) is 10.2 Å². The van der Waals surface area contributed by atoms with Gasteiger partial charge in [-0.1, -0.05) is 13.8 Å². The van der Waals surface area contributed by atoms with Crippen LogP contribution in [0.25, 0.3) is 33.6 Å². The zero-order valence-electron chi connectivity index (χ0n) is 14.4. The molecule has 4 aromatic rings. The first-order valence-corrected chi connectivity index (χ1v) is 8.10. The Bertz CT molecular complexity index is 1050. The molecule has 0 aliphatic heterocycles. The van der Waals surface area contributed by atoms with Gasteiger partial charge < -0.3 is 9.40 Å². The van der Waals surface area contributed by atoms with Gasteiger partial charge in [0.15, 0.2) is 0 Å². The number of hydrogen-bond donors (Lipinski definition) is 1. The van der Waals surface area contributed by atoms with Gasteiger partial charge in [0.05, 0.1) is 16.8 Å². The summed E-state index contributed by atoms with van der Waals surface area (Å²) in [4.78, 5) is 2.91. The van der Waals surface area contributed by atoms with E-state index in [-0.39, 0.29) is 16.8 Å². The number of halogens is 3. The molecule has 0 atom stereocenters. The first-order chi connectivity index (χ1) is 12.5. The molecule has 0 amide bonds. The van der Waals surface area contributed by atoms with Gasteiger partial charge in [-0.2, -0.15) is 0 Å². The van der Waals surface area contributed by atoms with Crippen LogP contribution in [0, 0.1) is 24.4 Å². The third-order valence-corrected chi connectivity index (χ3v) is 3.70. The molecule has 0 aliphatic rings. The van der Waals surface area contributed by atoms with Gasteiger partial charge >= 0.3 is 0 Å². The second-order valence-electron chi connectivity index (χ2n) is 5.32. The van der Waals surface area contributed by atoms with Gasteiger partial charge in [-0.25, -0.2) is 13.2 Å². The second kappa shape index (κ2) is 7.03. The van der Waals surface area contributed by atoms with Crippen molar-refractivity contribution < 1.29 is 17.6 Å². The highest BCUT2D eigenvalue weighted by Gasteiger charge is 2.22. The Morgan fingerprint density at radius 2 is 1.62 bits per heavy atom. The van der Waals surface area contributed by atoms with Gasteiger partial charge in [0.25, 0.3) is 5.89 Å². The highest BCUT2D eigenvalue weighted by molar-refractivity contribution is 6.02. The monoisotopic (exact) mass is 359 g/mol. The summed E-state index contributed by atoms with van der Waals surface area (Å²) in [6.07, 6.45) is 0. The summed E-state index contributed by atoms with van der Waals surface area (Å²) in [6.45, 7) is 5.62. The fourth-order valence-electron chi connectivity index (χ4n) is 2.67. The van der Waals surface area contributed by atoms with E-state index < -0.39 is 17.5 Å². The third kappa shape index (κ3) is 3.08. The van der Waals surface area contributed by atoms with Gasteiger partial charge in [0.1, 0.15) is 17.5 Å². The molecule has 2 aromatic carbocycles. The zero-order valence-corrected chi connectivity index (χ0v) is 14.4. The summed E-state index contributed by atoms with van der Waals surface area (Å²) in [7, 11) is 0. The number of H-pyrrole nitrogens is 1. The molecule has 4 rings (SSSR count). The third-order valence-electron chi connectivity index (χ3n) is 3.70. The SMILES string of the molecule is CC.Cc1nnc(-c2c(-c3ccc(F)cc3)[nH]c3c(F)cc(F)cc23)o1. The number of nitrogens with zero attached hydrogens (tertiary/aromatic N) is 2. The van der Waals surface area contributed by atoms with E-state index in [9.17, 15) is 13.2 Å². The van der Waals surface area contributed by atoms with Gasteiger partial charge in [-0.3, -0.25) is 0 Å². The van der Waals surface area contributed by atoms with Crippen LogP contribution in [-0.2, 0) is 0 Å².